The van der Waals surface area contributed by atoms with Crippen molar-refractivity contribution in [3.8, 4) is 0 Å². The van der Waals surface area contributed by atoms with E-state index in [1.165, 1.54) is 0 Å². The molecule has 16 heavy (non-hydrogen) atoms. The predicted molar refractivity (Wildman–Crippen MR) is 69.4 cm³/mol. The molecular formula is C14H13BrO. The molecule has 0 saturated heterocycles. The molecule has 0 amide bonds. The minimum atomic E-state index is -0.548. The molecule has 82 valence electrons. The fourth-order valence-corrected chi connectivity index (χ4v) is 1.94. The fourth-order valence-electron chi connectivity index (χ4n) is 1.68. The van der Waals surface area contributed by atoms with Crippen LogP contribution in [0.4, 0.5) is 0 Å². The van der Waals surface area contributed by atoms with Gasteiger partial charge in [-0.15, -0.1) is 0 Å². The van der Waals surface area contributed by atoms with Crippen LogP contribution >= 0.6 is 15.9 Å². The van der Waals surface area contributed by atoms with Crippen molar-refractivity contribution in [3.63, 3.8) is 0 Å². The third-order valence-electron chi connectivity index (χ3n) is 2.54. The van der Waals surface area contributed by atoms with Crippen molar-refractivity contribution in [1.29, 1.82) is 0 Å². The molecule has 2 rings (SSSR count). The van der Waals surface area contributed by atoms with Crippen LogP contribution in [0.3, 0.4) is 0 Å². The molecule has 0 aliphatic rings. The van der Waals surface area contributed by atoms with E-state index < -0.39 is 6.10 Å². The number of aliphatic hydroxyl groups is 1. The quantitative estimate of drug-likeness (QED) is 0.884. The van der Waals surface area contributed by atoms with Gasteiger partial charge in [-0.25, -0.2) is 0 Å². The summed E-state index contributed by atoms with van der Waals surface area (Å²) in [7, 11) is 0. The lowest BCUT2D eigenvalue weighted by Crippen LogP contribution is -1.99. The van der Waals surface area contributed by atoms with Gasteiger partial charge in [0, 0.05) is 4.47 Å². The molecule has 0 bridgehead atoms. The number of benzene rings is 2. The number of hydrogen-bond donors (Lipinski definition) is 1. The summed E-state index contributed by atoms with van der Waals surface area (Å²) in [6.45, 7) is 2.03. The van der Waals surface area contributed by atoms with Gasteiger partial charge in [-0.2, -0.15) is 0 Å². The van der Waals surface area contributed by atoms with E-state index in [2.05, 4.69) is 15.9 Å². The van der Waals surface area contributed by atoms with Gasteiger partial charge in [0.05, 0.1) is 0 Å². The predicted octanol–water partition coefficient (Wildman–Crippen LogP) is 3.84. The first-order valence-electron chi connectivity index (χ1n) is 5.17. The highest BCUT2D eigenvalue weighted by Crippen LogP contribution is 2.23. The summed E-state index contributed by atoms with van der Waals surface area (Å²) >= 11 is 3.38. The zero-order chi connectivity index (χ0) is 11.5. The third-order valence-corrected chi connectivity index (χ3v) is 3.07. The SMILES string of the molecule is Cc1cccc([C@H](O)c2ccc(Br)cc2)c1. The van der Waals surface area contributed by atoms with Gasteiger partial charge in [0.25, 0.3) is 0 Å². The van der Waals surface area contributed by atoms with Crippen LogP contribution in [-0.4, -0.2) is 5.11 Å². The van der Waals surface area contributed by atoms with Crippen LogP contribution in [0, 0.1) is 6.92 Å². The normalized spacial score (nSPS) is 12.4. The van der Waals surface area contributed by atoms with Crippen molar-refractivity contribution in [1.82, 2.24) is 0 Å². The van der Waals surface area contributed by atoms with Gasteiger partial charge < -0.3 is 5.11 Å². The number of rotatable bonds is 2. The summed E-state index contributed by atoms with van der Waals surface area (Å²) in [4.78, 5) is 0. The summed E-state index contributed by atoms with van der Waals surface area (Å²) in [6.07, 6.45) is -0.548. The highest BCUT2D eigenvalue weighted by molar-refractivity contribution is 9.10. The van der Waals surface area contributed by atoms with Crippen LogP contribution in [0.5, 0.6) is 0 Å². The smallest absolute Gasteiger partial charge is 0.104 e. The maximum absolute atomic E-state index is 10.2. The van der Waals surface area contributed by atoms with Crippen LogP contribution in [0.1, 0.15) is 22.8 Å². The van der Waals surface area contributed by atoms with E-state index in [0.717, 1.165) is 21.2 Å². The average molecular weight is 277 g/mol. The van der Waals surface area contributed by atoms with E-state index in [4.69, 9.17) is 0 Å². The van der Waals surface area contributed by atoms with Crippen LogP contribution in [0.15, 0.2) is 53.0 Å². The van der Waals surface area contributed by atoms with Crippen LogP contribution in [0.25, 0.3) is 0 Å². The Hall–Kier alpha value is -1.12. The minimum absolute atomic E-state index is 0.548. The topological polar surface area (TPSA) is 20.2 Å². The van der Waals surface area contributed by atoms with Crippen molar-refractivity contribution in [2.75, 3.05) is 0 Å². The maximum Gasteiger partial charge on any atom is 0.104 e. The summed E-state index contributed by atoms with van der Waals surface area (Å²) in [5.74, 6) is 0. The molecule has 0 heterocycles. The summed E-state index contributed by atoms with van der Waals surface area (Å²) in [5, 5.41) is 10.2. The zero-order valence-electron chi connectivity index (χ0n) is 9.02. The van der Waals surface area contributed by atoms with E-state index in [0.29, 0.717) is 0 Å². The van der Waals surface area contributed by atoms with E-state index in [1.54, 1.807) is 0 Å². The molecule has 0 aliphatic heterocycles. The Morgan fingerprint density at radius 3 is 2.31 bits per heavy atom. The second-order valence-electron chi connectivity index (χ2n) is 3.87. The number of aliphatic hydroxyl groups excluding tert-OH is 1. The van der Waals surface area contributed by atoms with Crippen LogP contribution in [0.2, 0.25) is 0 Å². The highest BCUT2D eigenvalue weighted by atomic mass is 79.9. The van der Waals surface area contributed by atoms with Gasteiger partial charge in [-0.1, -0.05) is 57.9 Å². The minimum Gasteiger partial charge on any atom is -0.384 e. The van der Waals surface area contributed by atoms with E-state index in [9.17, 15) is 5.11 Å². The molecule has 0 fully saturated rings. The van der Waals surface area contributed by atoms with E-state index >= 15 is 0 Å². The lowest BCUT2D eigenvalue weighted by atomic mass is 10.0. The third kappa shape index (κ3) is 2.52. The summed E-state index contributed by atoms with van der Waals surface area (Å²) in [5.41, 5.74) is 3.00. The first kappa shape index (κ1) is 11.4. The van der Waals surface area contributed by atoms with Gasteiger partial charge in [0.1, 0.15) is 6.10 Å². The molecule has 0 unspecified atom stereocenters. The number of aryl methyl sites for hydroxylation is 1. The Bertz CT molecular complexity index is 476. The number of hydrogen-bond acceptors (Lipinski definition) is 1. The molecule has 0 radical (unpaired) electrons. The largest absolute Gasteiger partial charge is 0.384 e. The van der Waals surface area contributed by atoms with Crippen LogP contribution < -0.4 is 0 Å². The molecule has 0 aliphatic carbocycles. The molecule has 1 nitrogen and oxygen atoms in total. The van der Waals surface area contributed by atoms with Gasteiger partial charge in [-0.05, 0) is 30.2 Å². The molecule has 2 heteroatoms. The van der Waals surface area contributed by atoms with Gasteiger partial charge in [-0.3, -0.25) is 0 Å². The van der Waals surface area contributed by atoms with Crippen LogP contribution in [-0.2, 0) is 0 Å². The zero-order valence-corrected chi connectivity index (χ0v) is 10.6. The first-order chi connectivity index (χ1) is 7.66. The average Bonchev–Trinajstić information content (AvgIpc) is 2.29. The molecule has 1 N–H and O–H groups in total. The van der Waals surface area contributed by atoms with E-state index in [1.807, 2.05) is 55.5 Å². The Kier molecular flexibility index (Phi) is 3.42. The molecule has 0 spiro atoms. The Morgan fingerprint density at radius 1 is 1.00 bits per heavy atom. The first-order valence-corrected chi connectivity index (χ1v) is 5.96. The monoisotopic (exact) mass is 276 g/mol. The molecule has 2 aromatic carbocycles. The molecule has 0 saturated carbocycles. The van der Waals surface area contributed by atoms with Gasteiger partial charge in [0.15, 0.2) is 0 Å². The van der Waals surface area contributed by atoms with Gasteiger partial charge >= 0.3 is 0 Å². The molecule has 2 aromatic rings. The Morgan fingerprint density at radius 2 is 1.69 bits per heavy atom. The standard InChI is InChI=1S/C14H13BrO/c1-10-3-2-4-12(9-10)14(16)11-5-7-13(15)8-6-11/h2-9,14,16H,1H3/t14-/m1/s1. The van der Waals surface area contributed by atoms with Crippen molar-refractivity contribution in [3.05, 3.63) is 69.7 Å². The van der Waals surface area contributed by atoms with E-state index in [-0.39, 0.29) is 0 Å². The fraction of sp³-hybridized carbons (Fsp3) is 0.143. The molecule has 0 aromatic heterocycles. The highest BCUT2D eigenvalue weighted by Gasteiger charge is 2.09. The van der Waals surface area contributed by atoms with Crippen molar-refractivity contribution < 1.29 is 5.11 Å². The number of halogens is 1. The Labute approximate surface area is 104 Å². The molecular weight excluding hydrogens is 264 g/mol. The second kappa shape index (κ2) is 4.81. The van der Waals surface area contributed by atoms with Crippen molar-refractivity contribution in [2.24, 2.45) is 0 Å². The Balaban J connectivity index is 2.31. The lowest BCUT2D eigenvalue weighted by Gasteiger charge is -2.12. The van der Waals surface area contributed by atoms with Crippen molar-refractivity contribution in [2.45, 2.75) is 13.0 Å². The second-order valence-corrected chi connectivity index (χ2v) is 4.78. The lowest BCUT2D eigenvalue weighted by molar-refractivity contribution is 0.220. The summed E-state index contributed by atoms with van der Waals surface area (Å²) < 4.78 is 1.02. The summed E-state index contributed by atoms with van der Waals surface area (Å²) in [6, 6.07) is 15.7. The van der Waals surface area contributed by atoms with Gasteiger partial charge in [0.2, 0.25) is 0 Å². The maximum atomic E-state index is 10.2. The van der Waals surface area contributed by atoms with Crippen molar-refractivity contribution >= 4 is 15.9 Å². The molecule has 1 atom stereocenters.